The fourth-order valence-corrected chi connectivity index (χ4v) is 1.81. The molecule has 0 spiro atoms. The average molecular weight is 252 g/mol. The van der Waals surface area contributed by atoms with E-state index < -0.39 is 0 Å². The number of hydrogen-bond acceptors (Lipinski definition) is 3. The van der Waals surface area contributed by atoms with Gasteiger partial charge >= 0.3 is 0 Å². The highest BCUT2D eigenvalue weighted by Gasteiger charge is 2.05. The summed E-state index contributed by atoms with van der Waals surface area (Å²) in [4.78, 5) is 2.59. The zero-order valence-corrected chi connectivity index (χ0v) is 11.0. The molecule has 0 aliphatic heterocycles. The molecule has 0 unspecified atom stereocenters. The molecule has 0 bridgehead atoms. The van der Waals surface area contributed by atoms with Gasteiger partial charge in [0, 0.05) is 24.3 Å². The molecule has 0 amide bonds. The van der Waals surface area contributed by atoms with Crippen molar-refractivity contribution in [1.29, 1.82) is 0 Å². The number of unbranched alkanes of at least 4 members (excludes halogenated alkanes) is 1. The first-order valence-electron chi connectivity index (χ1n) is 5.94. The Balaban J connectivity index is 2.75. The van der Waals surface area contributed by atoms with Crippen LogP contribution in [-0.4, -0.2) is 29.8 Å². The Morgan fingerprint density at radius 2 is 1.94 bits per heavy atom. The van der Waals surface area contributed by atoms with E-state index in [9.17, 15) is 0 Å². The Morgan fingerprint density at radius 1 is 1.29 bits per heavy atom. The number of thiocarbonyl (C=S) groups is 1. The molecule has 0 saturated carbocycles. The quantitative estimate of drug-likeness (QED) is 0.728. The highest BCUT2D eigenvalue weighted by molar-refractivity contribution is 7.80. The fraction of sp³-hybridized carbons (Fsp3) is 0.462. The topological polar surface area (TPSA) is 49.5 Å². The molecule has 0 saturated heterocycles. The van der Waals surface area contributed by atoms with E-state index in [1.54, 1.807) is 0 Å². The SMILES string of the molecule is CCCCN(CCO)c1ccc(C(N)=S)cc1. The zero-order chi connectivity index (χ0) is 12.7. The number of aliphatic hydroxyl groups excluding tert-OH is 1. The molecule has 1 rings (SSSR count). The zero-order valence-electron chi connectivity index (χ0n) is 10.2. The molecule has 0 aliphatic rings. The first kappa shape index (κ1) is 13.9. The smallest absolute Gasteiger partial charge is 0.103 e. The van der Waals surface area contributed by atoms with Crippen LogP contribution in [0.3, 0.4) is 0 Å². The van der Waals surface area contributed by atoms with Gasteiger partial charge in [-0.25, -0.2) is 0 Å². The maximum Gasteiger partial charge on any atom is 0.103 e. The summed E-state index contributed by atoms with van der Waals surface area (Å²) < 4.78 is 0. The molecule has 0 aromatic heterocycles. The summed E-state index contributed by atoms with van der Waals surface area (Å²) in [6, 6.07) is 7.85. The van der Waals surface area contributed by atoms with Crippen LogP contribution in [0, 0.1) is 0 Å². The summed E-state index contributed by atoms with van der Waals surface area (Å²) in [6.07, 6.45) is 2.27. The largest absolute Gasteiger partial charge is 0.395 e. The second kappa shape index (κ2) is 7.25. The molecule has 94 valence electrons. The van der Waals surface area contributed by atoms with Crippen LogP contribution in [0.2, 0.25) is 0 Å². The van der Waals surface area contributed by atoms with Crippen molar-refractivity contribution in [1.82, 2.24) is 0 Å². The molecule has 3 nitrogen and oxygen atoms in total. The Kier molecular flexibility index (Phi) is 5.94. The summed E-state index contributed by atoms with van der Waals surface area (Å²) in [5, 5.41) is 9.06. The van der Waals surface area contributed by atoms with Gasteiger partial charge in [0.1, 0.15) is 4.99 Å². The predicted octanol–water partition coefficient (Wildman–Crippen LogP) is 1.92. The number of nitrogens with zero attached hydrogens (tertiary/aromatic N) is 1. The minimum atomic E-state index is 0.167. The first-order valence-corrected chi connectivity index (χ1v) is 6.35. The van der Waals surface area contributed by atoms with Crippen LogP contribution in [0.15, 0.2) is 24.3 Å². The van der Waals surface area contributed by atoms with Crippen LogP contribution in [-0.2, 0) is 0 Å². The Bertz CT molecular complexity index is 351. The number of aliphatic hydroxyl groups is 1. The van der Waals surface area contributed by atoms with Crippen LogP contribution >= 0.6 is 12.2 Å². The van der Waals surface area contributed by atoms with Crippen molar-refractivity contribution in [2.75, 3.05) is 24.6 Å². The van der Waals surface area contributed by atoms with Crippen molar-refractivity contribution in [3.05, 3.63) is 29.8 Å². The van der Waals surface area contributed by atoms with E-state index >= 15 is 0 Å². The third kappa shape index (κ3) is 4.32. The van der Waals surface area contributed by atoms with Crippen LogP contribution in [0.25, 0.3) is 0 Å². The van der Waals surface area contributed by atoms with E-state index in [0.717, 1.165) is 30.6 Å². The van der Waals surface area contributed by atoms with E-state index in [0.29, 0.717) is 11.5 Å². The van der Waals surface area contributed by atoms with Crippen molar-refractivity contribution < 1.29 is 5.11 Å². The van der Waals surface area contributed by atoms with Crippen LogP contribution < -0.4 is 10.6 Å². The van der Waals surface area contributed by atoms with Crippen LogP contribution in [0.4, 0.5) is 5.69 Å². The number of hydrogen-bond donors (Lipinski definition) is 2. The number of benzene rings is 1. The summed E-state index contributed by atoms with van der Waals surface area (Å²) in [5.41, 5.74) is 7.54. The van der Waals surface area contributed by atoms with E-state index in [1.165, 1.54) is 0 Å². The van der Waals surface area contributed by atoms with Crippen molar-refractivity contribution in [2.45, 2.75) is 19.8 Å². The molecular formula is C13H20N2OS. The Hall–Kier alpha value is -1.13. The summed E-state index contributed by atoms with van der Waals surface area (Å²) in [6.45, 7) is 3.95. The van der Waals surface area contributed by atoms with E-state index in [1.807, 2.05) is 24.3 Å². The molecule has 0 heterocycles. The van der Waals surface area contributed by atoms with Crippen molar-refractivity contribution in [3.63, 3.8) is 0 Å². The third-order valence-corrected chi connectivity index (χ3v) is 2.90. The molecule has 17 heavy (non-hydrogen) atoms. The molecule has 0 aliphatic carbocycles. The van der Waals surface area contributed by atoms with Gasteiger partial charge in [-0.2, -0.15) is 0 Å². The lowest BCUT2D eigenvalue weighted by Gasteiger charge is -2.24. The van der Waals surface area contributed by atoms with Crippen molar-refractivity contribution >= 4 is 22.9 Å². The lowest BCUT2D eigenvalue weighted by atomic mass is 10.2. The monoisotopic (exact) mass is 252 g/mol. The van der Waals surface area contributed by atoms with Gasteiger partial charge in [0.2, 0.25) is 0 Å². The average Bonchev–Trinajstić information content (AvgIpc) is 2.34. The molecule has 1 aromatic carbocycles. The lowest BCUT2D eigenvalue weighted by molar-refractivity contribution is 0.301. The van der Waals surface area contributed by atoms with Crippen molar-refractivity contribution in [3.8, 4) is 0 Å². The molecule has 1 aromatic rings. The van der Waals surface area contributed by atoms with Gasteiger partial charge in [0.15, 0.2) is 0 Å². The Labute approximate surface area is 108 Å². The molecule has 3 N–H and O–H groups in total. The van der Waals surface area contributed by atoms with Gasteiger partial charge in [-0.15, -0.1) is 0 Å². The maximum atomic E-state index is 9.06. The van der Waals surface area contributed by atoms with Gasteiger partial charge in [-0.1, -0.05) is 25.6 Å². The Morgan fingerprint density at radius 3 is 2.41 bits per heavy atom. The number of nitrogens with two attached hydrogens (primary N) is 1. The lowest BCUT2D eigenvalue weighted by Crippen LogP contribution is -2.27. The van der Waals surface area contributed by atoms with Gasteiger partial charge in [0.25, 0.3) is 0 Å². The van der Waals surface area contributed by atoms with Crippen LogP contribution in [0.5, 0.6) is 0 Å². The second-order valence-electron chi connectivity index (χ2n) is 3.98. The molecule has 4 heteroatoms. The summed E-state index contributed by atoms with van der Waals surface area (Å²) >= 11 is 4.92. The van der Waals surface area contributed by atoms with E-state index in [2.05, 4.69) is 11.8 Å². The minimum Gasteiger partial charge on any atom is -0.395 e. The van der Waals surface area contributed by atoms with Gasteiger partial charge in [-0.3, -0.25) is 0 Å². The van der Waals surface area contributed by atoms with Crippen molar-refractivity contribution in [2.24, 2.45) is 5.73 Å². The number of rotatable bonds is 7. The first-order chi connectivity index (χ1) is 8.19. The maximum absolute atomic E-state index is 9.06. The van der Waals surface area contributed by atoms with Crippen LogP contribution in [0.1, 0.15) is 25.3 Å². The highest BCUT2D eigenvalue weighted by atomic mass is 32.1. The highest BCUT2D eigenvalue weighted by Crippen LogP contribution is 2.15. The minimum absolute atomic E-state index is 0.167. The molecular weight excluding hydrogens is 232 g/mol. The molecule has 0 radical (unpaired) electrons. The second-order valence-corrected chi connectivity index (χ2v) is 4.42. The van der Waals surface area contributed by atoms with Gasteiger partial charge in [-0.05, 0) is 30.7 Å². The molecule has 0 fully saturated rings. The fourth-order valence-electron chi connectivity index (χ4n) is 1.68. The number of anilines is 1. The summed E-state index contributed by atoms with van der Waals surface area (Å²) in [5.74, 6) is 0. The predicted molar refractivity (Wildman–Crippen MR) is 76.5 cm³/mol. The third-order valence-electron chi connectivity index (χ3n) is 2.67. The van der Waals surface area contributed by atoms with Gasteiger partial charge in [0.05, 0.1) is 6.61 Å². The van der Waals surface area contributed by atoms with Gasteiger partial charge < -0.3 is 15.7 Å². The van der Waals surface area contributed by atoms with E-state index in [4.69, 9.17) is 23.1 Å². The molecule has 0 atom stereocenters. The summed E-state index contributed by atoms with van der Waals surface area (Å²) in [7, 11) is 0. The van der Waals surface area contributed by atoms with E-state index in [-0.39, 0.29) is 6.61 Å². The normalized spacial score (nSPS) is 10.2. The standard InChI is InChI=1S/C13H20N2OS/c1-2-3-8-15(9-10-16)12-6-4-11(5-7-12)13(14)17/h4-7,16H,2-3,8-10H2,1H3,(H2,14,17).